The molecule has 0 fully saturated rings. The van der Waals surface area contributed by atoms with Gasteiger partial charge in [0.15, 0.2) is 0 Å². The average molecular weight is 214 g/mol. The molecule has 0 unspecified atom stereocenters. The second-order valence-electron chi connectivity index (χ2n) is 4.14. The summed E-state index contributed by atoms with van der Waals surface area (Å²) in [6, 6.07) is 6.83. The second kappa shape index (κ2) is 4.60. The van der Waals surface area contributed by atoms with Crippen molar-refractivity contribution in [2.75, 3.05) is 0 Å². The van der Waals surface area contributed by atoms with Crippen LogP contribution in [0.1, 0.15) is 32.8 Å². The molecule has 15 heavy (non-hydrogen) atoms. The molecule has 0 aliphatic carbocycles. The number of ether oxygens (including phenoxy) is 1. The molecule has 0 saturated heterocycles. The van der Waals surface area contributed by atoms with E-state index in [2.05, 4.69) is 25.5 Å². The summed E-state index contributed by atoms with van der Waals surface area (Å²) in [6.07, 6.45) is 1.00. The molecule has 0 aliphatic rings. The summed E-state index contributed by atoms with van der Waals surface area (Å²) < 4.78 is 28.1. The van der Waals surface area contributed by atoms with E-state index < -0.39 is 6.61 Å². The van der Waals surface area contributed by atoms with Crippen LogP contribution in [0.2, 0.25) is 0 Å². The van der Waals surface area contributed by atoms with Crippen molar-refractivity contribution >= 4 is 0 Å². The first kappa shape index (κ1) is 12.0. The Hall–Kier alpha value is -1.12. The number of halogens is 2. The molecule has 1 aromatic rings. The number of hydrogen-bond donors (Lipinski definition) is 0. The molecule has 0 bridgehead atoms. The molecule has 0 aliphatic heterocycles. The zero-order valence-electron chi connectivity index (χ0n) is 9.26. The summed E-state index contributed by atoms with van der Waals surface area (Å²) in [5, 5.41) is 0. The van der Waals surface area contributed by atoms with Gasteiger partial charge in [-0.2, -0.15) is 8.78 Å². The van der Waals surface area contributed by atoms with Crippen LogP contribution in [0.3, 0.4) is 0 Å². The first-order valence-electron chi connectivity index (χ1n) is 5.01. The Morgan fingerprint density at radius 2 is 1.73 bits per heavy atom. The SMILES string of the molecule is CCC(C)(C)c1ccc(OC(F)F)cc1. The van der Waals surface area contributed by atoms with Crippen molar-refractivity contribution in [2.45, 2.75) is 39.2 Å². The molecule has 0 amide bonds. The highest BCUT2D eigenvalue weighted by atomic mass is 19.3. The van der Waals surface area contributed by atoms with Crippen molar-refractivity contribution in [3.05, 3.63) is 29.8 Å². The van der Waals surface area contributed by atoms with Gasteiger partial charge in [0.1, 0.15) is 5.75 Å². The van der Waals surface area contributed by atoms with Crippen LogP contribution < -0.4 is 4.74 Å². The average Bonchev–Trinajstić information content (AvgIpc) is 2.18. The predicted octanol–water partition coefficient (Wildman–Crippen LogP) is 3.98. The van der Waals surface area contributed by atoms with Crippen molar-refractivity contribution in [3.63, 3.8) is 0 Å². The molecule has 1 nitrogen and oxygen atoms in total. The van der Waals surface area contributed by atoms with Crippen LogP contribution in [0.5, 0.6) is 5.75 Å². The Morgan fingerprint density at radius 1 is 1.20 bits per heavy atom. The zero-order chi connectivity index (χ0) is 11.5. The van der Waals surface area contributed by atoms with Gasteiger partial charge in [-0.25, -0.2) is 0 Å². The van der Waals surface area contributed by atoms with Gasteiger partial charge in [-0.3, -0.25) is 0 Å². The van der Waals surface area contributed by atoms with Crippen LogP contribution in [0.15, 0.2) is 24.3 Å². The Morgan fingerprint density at radius 3 is 2.13 bits per heavy atom. The van der Waals surface area contributed by atoms with E-state index in [1.165, 1.54) is 0 Å². The molecule has 84 valence electrons. The summed E-state index contributed by atoms with van der Waals surface area (Å²) in [6.45, 7) is 3.59. The lowest BCUT2D eigenvalue weighted by molar-refractivity contribution is -0.0498. The molecular formula is C12H16F2O. The van der Waals surface area contributed by atoms with E-state index >= 15 is 0 Å². The van der Waals surface area contributed by atoms with Crippen LogP contribution >= 0.6 is 0 Å². The van der Waals surface area contributed by atoms with Gasteiger partial charge in [-0.05, 0) is 29.5 Å². The number of alkyl halides is 2. The fourth-order valence-corrected chi connectivity index (χ4v) is 1.29. The molecule has 0 saturated carbocycles. The summed E-state index contributed by atoms with van der Waals surface area (Å²) in [7, 11) is 0. The van der Waals surface area contributed by atoms with Gasteiger partial charge in [-0.15, -0.1) is 0 Å². The maximum absolute atomic E-state index is 11.9. The van der Waals surface area contributed by atoms with Gasteiger partial charge in [0.05, 0.1) is 0 Å². The van der Waals surface area contributed by atoms with E-state index in [1.807, 2.05) is 12.1 Å². The van der Waals surface area contributed by atoms with Crippen molar-refractivity contribution in [1.82, 2.24) is 0 Å². The van der Waals surface area contributed by atoms with Gasteiger partial charge in [0, 0.05) is 0 Å². The van der Waals surface area contributed by atoms with Gasteiger partial charge in [0.25, 0.3) is 0 Å². The van der Waals surface area contributed by atoms with Gasteiger partial charge in [-0.1, -0.05) is 32.9 Å². The van der Waals surface area contributed by atoms with Crippen LogP contribution in [-0.4, -0.2) is 6.61 Å². The lowest BCUT2D eigenvalue weighted by atomic mass is 9.82. The number of benzene rings is 1. The monoisotopic (exact) mass is 214 g/mol. The molecule has 0 atom stereocenters. The van der Waals surface area contributed by atoms with Crippen molar-refractivity contribution in [2.24, 2.45) is 0 Å². The molecule has 0 N–H and O–H groups in total. The summed E-state index contributed by atoms with van der Waals surface area (Å²) in [5.41, 5.74) is 1.20. The van der Waals surface area contributed by atoms with E-state index in [9.17, 15) is 8.78 Å². The maximum atomic E-state index is 11.9. The standard InChI is InChI=1S/C12H16F2O/c1-4-12(2,3)9-5-7-10(8-6-9)15-11(13)14/h5-8,11H,4H2,1-3H3. The highest BCUT2D eigenvalue weighted by molar-refractivity contribution is 5.31. The minimum absolute atomic E-state index is 0.0728. The predicted molar refractivity (Wildman–Crippen MR) is 56.4 cm³/mol. The highest BCUT2D eigenvalue weighted by Gasteiger charge is 2.17. The van der Waals surface area contributed by atoms with Crippen molar-refractivity contribution in [1.29, 1.82) is 0 Å². The van der Waals surface area contributed by atoms with E-state index in [0.29, 0.717) is 0 Å². The minimum atomic E-state index is -2.75. The Balaban J connectivity index is 2.81. The van der Waals surface area contributed by atoms with Crippen molar-refractivity contribution < 1.29 is 13.5 Å². The fraction of sp³-hybridized carbons (Fsp3) is 0.500. The van der Waals surface area contributed by atoms with Crippen LogP contribution in [0, 0.1) is 0 Å². The van der Waals surface area contributed by atoms with Crippen molar-refractivity contribution in [3.8, 4) is 5.75 Å². The first-order valence-corrected chi connectivity index (χ1v) is 5.01. The Labute approximate surface area is 89.1 Å². The Bertz CT molecular complexity index is 304. The normalized spacial score (nSPS) is 11.9. The third-order valence-corrected chi connectivity index (χ3v) is 2.74. The fourth-order valence-electron chi connectivity index (χ4n) is 1.29. The molecule has 0 spiro atoms. The third-order valence-electron chi connectivity index (χ3n) is 2.74. The van der Waals surface area contributed by atoms with E-state index in [-0.39, 0.29) is 11.2 Å². The van der Waals surface area contributed by atoms with Crippen LogP contribution in [0.25, 0.3) is 0 Å². The molecular weight excluding hydrogens is 198 g/mol. The molecule has 0 aromatic heterocycles. The minimum Gasteiger partial charge on any atom is -0.435 e. The molecule has 3 heteroatoms. The number of rotatable bonds is 4. The second-order valence-corrected chi connectivity index (χ2v) is 4.14. The van der Waals surface area contributed by atoms with Crippen LogP contribution in [-0.2, 0) is 5.41 Å². The molecule has 1 rings (SSSR count). The lowest BCUT2D eigenvalue weighted by Gasteiger charge is -2.23. The van der Waals surface area contributed by atoms with E-state index in [4.69, 9.17) is 0 Å². The van der Waals surface area contributed by atoms with Gasteiger partial charge in [0.2, 0.25) is 0 Å². The topological polar surface area (TPSA) is 9.23 Å². The molecule has 1 aromatic carbocycles. The lowest BCUT2D eigenvalue weighted by Crippen LogP contribution is -2.15. The summed E-state index contributed by atoms with van der Waals surface area (Å²) >= 11 is 0. The summed E-state index contributed by atoms with van der Waals surface area (Å²) in [4.78, 5) is 0. The summed E-state index contributed by atoms with van der Waals surface area (Å²) in [5.74, 6) is 0.209. The van der Waals surface area contributed by atoms with Gasteiger partial charge < -0.3 is 4.74 Å². The maximum Gasteiger partial charge on any atom is 0.387 e. The van der Waals surface area contributed by atoms with E-state index in [1.54, 1.807) is 12.1 Å². The first-order chi connectivity index (χ1) is 6.95. The number of hydrogen-bond acceptors (Lipinski definition) is 1. The highest BCUT2D eigenvalue weighted by Crippen LogP contribution is 2.28. The quantitative estimate of drug-likeness (QED) is 0.736. The van der Waals surface area contributed by atoms with E-state index in [0.717, 1.165) is 12.0 Å². The zero-order valence-corrected chi connectivity index (χ0v) is 9.26. The molecule has 0 heterocycles. The smallest absolute Gasteiger partial charge is 0.387 e. The largest absolute Gasteiger partial charge is 0.435 e. The third kappa shape index (κ3) is 3.18. The van der Waals surface area contributed by atoms with Crippen LogP contribution in [0.4, 0.5) is 8.78 Å². The molecule has 0 radical (unpaired) electrons. The Kier molecular flexibility index (Phi) is 3.66. The van der Waals surface area contributed by atoms with Gasteiger partial charge >= 0.3 is 6.61 Å².